The van der Waals surface area contributed by atoms with E-state index in [1.807, 2.05) is 49.2 Å². The minimum Gasteiger partial charge on any atom is -0.371 e. The van der Waals surface area contributed by atoms with Gasteiger partial charge in [-0.3, -0.25) is 4.79 Å². The third-order valence-corrected chi connectivity index (χ3v) is 5.71. The first-order valence-electron chi connectivity index (χ1n) is 8.72. The number of carbonyl (C=O) groups excluding carboxylic acids is 1. The van der Waals surface area contributed by atoms with Crippen molar-refractivity contribution in [2.24, 2.45) is 0 Å². The molecule has 2 rings (SSSR count). The van der Waals surface area contributed by atoms with Crippen LogP contribution in [0.3, 0.4) is 0 Å². The molecule has 0 aliphatic heterocycles. The Hall–Kier alpha value is -2.59. The predicted molar refractivity (Wildman–Crippen MR) is 104 cm³/mol. The number of para-hydroxylation sites is 1. The molecule has 2 aromatic rings. The molecular formula is C19H22F3N3O3S. The fourth-order valence-electron chi connectivity index (χ4n) is 2.44. The van der Waals surface area contributed by atoms with Gasteiger partial charge in [-0.25, -0.2) is 13.1 Å². The monoisotopic (exact) mass is 429 g/mol. The third-order valence-electron chi connectivity index (χ3n) is 4.27. The Kier molecular flexibility index (Phi) is 7.26. The Morgan fingerprint density at radius 2 is 1.66 bits per heavy atom. The topological polar surface area (TPSA) is 78.5 Å². The molecule has 1 unspecified atom stereocenters. The van der Waals surface area contributed by atoms with Crippen LogP contribution in [0.25, 0.3) is 0 Å². The van der Waals surface area contributed by atoms with E-state index >= 15 is 0 Å². The van der Waals surface area contributed by atoms with Gasteiger partial charge in [0.1, 0.15) is 6.54 Å². The zero-order chi connectivity index (χ0) is 21.7. The van der Waals surface area contributed by atoms with Gasteiger partial charge in [-0.05, 0) is 43.3 Å². The molecule has 0 aliphatic carbocycles. The van der Waals surface area contributed by atoms with Crippen molar-refractivity contribution in [2.75, 3.05) is 25.0 Å². The van der Waals surface area contributed by atoms with Crippen molar-refractivity contribution >= 4 is 21.6 Å². The number of hydrogen-bond acceptors (Lipinski definition) is 4. The van der Waals surface area contributed by atoms with E-state index in [2.05, 4.69) is 4.72 Å². The number of anilines is 1. The number of rotatable bonds is 8. The van der Waals surface area contributed by atoms with Gasteiger partial charge in [-0.1, -0.05) is 18.2 Å². The summed E-state index contributed by atoms with van der Waals surface area (Å²) >= 11 is 0. The molecule has 158 valence electrons. The number of nitrogens with one attached hydrogen (secondary N) is 2. The van der Waals surface area contributed by atoms with Crippen molar-refractivity contribution in [3.8, 4) is 0 Å². The maximum Gasteiger partial charge on any atom is 0.405 e. The van der Waals surface area contributed by atoms with Crippen LogP contribution in [0.2, 0.25) is 0 Å². The Morgan fingerprint density at radius 1 is 1.07 bits per heavy atom. The van der Waals surface area contributed by atoms with Crippen molar-refractivity contribution in [3.63, 3.8) is 0 Å². The number of likely N-dealkylation sites (N-methyl/N-ethyl adjacent to an activating group) is 1. The highest BCUT2D eigenvalue weighted by molar-refractivity contribution is 7.89. The lowest BCUT2D eigenvalue weighted by Gasteiger charge is -2.27. The number of amides is 1. The SMILES string of the molecule is CC(CNS(=O)(=O)c1ccc(C(=O)NCC(F)(F)F)cc1)N(C)c1ccccc1. The Morgan fingerprint density at radius 3 is 2.21 bits per heavy atom. The van der Waals surface area contributed by atoms with Gasteiger partial charge in [-0.2, -0.15) is 13.2 Å². The van der Waals surface area contributed by atoms with Crippen molar-refractivity contribution < 1.29 is 26.4 Å². The number of carbonyl (C=O) groups is 1. The van der Waals surface area contributed by atoms with Gasteiger partial charge in [0, 0.05) is 30.9 Å². The van der Waals surface area contributed by atoms with Crippen molar-refractivity contribution in [3.05, 3.63) is 60.2 Å². The molecule has 2 aromatic carbocycles. The first kappa shape index (κ1) is 22.7. The lowest BCUT2D eigenvalue weighted by Crippen LogP contribution is -2.40. The molecule has 0 fully saturated rings. The molecule has 2 N–H and O–H groups in total. The number of benzene rings is 2. The Labute approximate surface area is 167 Å². The van der Waals surface area contributed by atoms with E-state index < -0.39 is 28.7 Å². The van der Waals surface area contributed by atoms with Crippen LogP contribution >= 0.6 is 0 Å². The highest BCUT2D eigenvalue weighted by Gasteiger charge is 2.28. The molecule has 0 saturated carbocycles. The number of halogens is 3. The molecule has 6 nitrogen and oxygen atoms in total. The van der Waals surface area contributed by atoms with E-state index in [9.17, 15) is 26.4 Å². The van der Waals surface area contributed by atoms with Gasteiger partial charge in [0.15, 0.2) is 0 Å². The summed E-state index contributed by atoms with van der Waals surface area (Å²) in [6.45, 7) is 0.547. The summed E-state index contributed by atoms with van der Waals surface area (Å²) in [4.78, 5) is 13.5. The minimum atomic E-state index is -4.52. The van der Waals surface area contributed by atoms with Crippen LogP contribution in [0.4, 0.5) is 18.9 Å². The van der Waals surface area contributed by atoms with Gasteiger partial charge in [0.25, 0.3) is 5.91 Å². The maximum atomic E-state index is 12.5. The molecule has 0 spiro atoms. The lowest BCUT2D eigenvalue weighted by molar-refractivity contribution is -0.123. The average Bonchev–Trinajstić information content (AvgIpc) is 2.70. The van der Waals surface area contributed by atoms with Gasteiger partial charge in [0.05, 0.1) is 4.90 Å². The van der Waals surface area contributed by atoms with E-state index in [4.69, 9.17) is 0 Å². The highest BCUT2D eigenvalue weighted by atomic mass is 32.2. The van der Waals surface area contributed by atoms with E-state index in [1.54, 1.807) is 5.32 Å². The molecule has 0 heterocycles. The Bertz CT molecular complexity index is 917. The van der Waals surface area contributed by atoms with E-state index in [-0.39, 0.29) is 23.0 Å². The Balaban J connectivity index is 1.97. The minimum absolute atomic E-state index is 0.0645. The molecule has 0 saturated heterocycles. The summed E-state index contributed by atoms with van der Waals surface area (Å²) in [5.41, 5.74) is 0.874. The third kappa shape index (κ3) is 6.75. The quantitative estimate of drug-likeness (QED) is 0.677. The fourth-order valence-corrected chi connectivity index (χ4v) is 3.56. The zero-order valence-corrected chi connectivity index (χ0v) is 16.7. The lowest BCUT2D eigenvalue weighted by atomic mass is 10.2. The van der Waals surface area contributed by atoms with Crippen LogP contribution in [-0.4, -0.2) is 46.7 Å². The van der Waals surface area contributed by atoms with Crippen molar-refractivity contribution in [1.82, 2.24) is 10.0 Å². The van der Waals surface area contributed by atoms with Crippen LogP contribution in [0.1, 0.15) is 17.3 Å². The summed E-state index contributed by atoms with van der Waals surface area (Å²) in [7, 11) is -1.99. The molecule has 0 bridgehead atoms. The maximum absolute atomic E-state index is 12.5. The number of sulfonamides is 1. The van der Waals surface area contributed by atoms with Crippen molar-refractivity contribution in [2.45, 2.75) is 24.0 Å². The van der Waals surface area contributed by atoms with E-state index in [0.29, 0.717) is 0 Å². The van der Waals surface area contributed by atoms with Crippen LogP contribution in [0.15, 0.2) is 59.5 Å². The van der Waals surface area contributed by atoms with E-state index in [1.165, 1.54) is 24.3 Å². The van der Waals surface area contributed by atoms with Crippen LogP contribution in [-0.2, 0) is 10.0 Å². The standard InChI is InChI=1S/C19H22F3N3O3S/c1-14(25(2)16-6-4-3-5-7-16)12-24-29(27,28)17-10-8-15(9-11-17)18(26)23-13-19(20,21)22/h3-11,14,24H,12-13H2,1-2H3,(H,23,26). The first-order valence-corrected chi connectivity index (χ1v) is 10.2. The largest absolute Gasteiger partial charge is 0.405 e. The second kappa shape index (κ2) is 9.27. The summed E-state index contributed by atoms with van der Waals surface area (Å²) in [6, 6.07) is 14.0. The van der Waals surface area contributed by atoms with Gasteiger partial charge < -0.3 is 10.2 Å². The van der Waals surface area contributed by atoms with Crippen LogP contribution < -0.4 is 14.9 Å². The molecule has 0 radical (unpaired) electrons. The second-order valence-corrected chi connectivity index (χ2v) is 8.24. The fraction of sp³-hybridized carbons (Fsp3) is 0.316. The molecule has 29 heavy (non-hydrogen) atoms. The van der Waals surface area contributed by atoms with Crippen LogP contribution in [0, 0.1) is 0 Å². The van der Waals surface area contributed by atoms with E-state index in [0.717, 1.165) is 5.69 Å². The number of nitrogens with zero attached hydrogens (tertiary/aromatic N) is 1. The van der Waals surface area contributed by atoms with Crippen LogP contribution in [0.5, 0.6) is 0 Å². The average molecular weight is 429 g/mol. The number of hydrogen-bond donors (Lipinski definition) is 2. The second-order valence-electron chi connectivity index (χ2n) is 6.47. The molecule has 0 aliphatic rings. The summed E-state index contributed by atoms with van der Waals surface area (Å²) < 4.78 is 63.9. The molecule has 0 aromatic heterocycles. The highest BCUT2D eigenvalue weighted by Crippen LogP contribution is 2.16. The normalized spacial score (nSPS) is 13.0. The number of alkyl halides is 3. The molecule has 1 amide bonds. The summed E-state index contributed by atoms with van der Waals surface area (Å²) in [5.74, 6) is -0.933. The van der Waals surface area contributed by atoms with Crippen molar-refractivity contribution in [1.29, 1.82) is 0 Å². The molecule has 10 heteroatoms. The smallest absolute Gasteiger partial charge is 0.371 e. The van der Waals surface area contributed by atoms with Gasteiger partial charge >= 0.3 is 6.18 Å². The summed E-state index contributed by atoms with van der Waals surface area (Å²) in [5, 5.41) is 1.73. The first-order chi connectivity index (χ1) is 13.5. The van der Waals surface area contributed by atoms with Gasteiger partial charge in [-0.15, -0.1) is 0 Å². The molecular weight excluding hydrogens is 407 g/mol. The zero-order valence-electron chi connectivity index (χ0n) is 15.9. The predicted octanol–water partition coefficient (Wildman–Crippen LogP) is 2.78. The summed E-state index contributed by atoms with van der Waals surface area (Å²) in [6.07, 6.45) is -4.52. The molecule has 1 atom stereocenters. The van der Waals surface area contributed by atoms with Gasteiger partial charge in [0.2, 0.25) is 10.0 Å².